The summed E-state index contributed by atoms with van der Waals surface area (Å²) >= 11 is 0. The number of carbonyl (C=O) groups is 3. The fourth-order valence-electron chi connectivity index (χ4n) is 3.73. The molecule has 1 aliphatic carbocycles. The number of likely N-dealkylation sites (N-methyl/N-ethyl adjacent to an activating group) is 1. The van der Waals surface area contributed by atoms with Gasteiger partial charge in [-0.15, -0.1) is 0 Å². The molecule has 2 aromatic carbocycles. The van der Waals surface area contributed by atoms with Crippen LogP contribution in [0.2, 0.25) is 0 Å². The van der Waals surface area contributed by atoms with E-state index >= 15 is 0 Å². The van der Waals surface area contributed by atoms with E-state index in [9.17, 15) is 23.2 Å². The number of carboxylic acid groups (broad SMARTS) is 1. The maximum atomic E-state index is 12.9. The number of alkyl carbamates (subject to hydrolysis) is 1. The predicted octanol–water partition coefficient (Wildman–Crippen LogP) is 3.09. The number of nitrogens with one attached hydrogen (secondary N) is 1. The second-order valence-electron chi connectivity index (χ2n) is 7.24. The number of carboxylic acids is 1. The van der Waals surface area contributed by atoms with E-state index in [2.05, 4.69) is 5.32 Å². The Morgan fingerprint density at radius 2 is 1.61 bits per heavy atom. The fourth-order valence-corrected chi connectivity index (χ4v) is 3.73. The Bertz CT molecular complexity index is 936. The summed E-state index contributed by atoms with van der Waals surface area (Å²) in [7, 11) is 1.16. The smallest absolute Gasteiger partial charge is 0.407 e. The van der Waals surface area contributed by atoms with Crippen LogP contribution in [-0.4, -0.2) is 60.6 Å². The van der Waals surface area contributed by atoms with Crippen LogP contribution in [0.3, 0.4) is 0 Å². The van der Waals surface area contributed by atoms with Gasteiger partial charge in [-0.25, -0.2) is 13.6 Å². The lowest BCUT2D eigenvalue weighted by Crippen LogP contribution is -2.49. The molecule has 0 fully saturated rings. The van der Waals surface area contributed by atoms with Gasteiger partial charge in [0.2, 0.25) is 12.3 Å². The predicted molar refractivity (Wildman–Crippen MR) is 108 cm³/mol. The van der Waals surface area contributed by atoms with Crippen LogP contribution < -0.4 is 5.32 Å². The number of benzene rings is 2. The molecule has 0 heterocycles. The number of amides is 2. The van der Waals surface area contributed by atoms with Crippen molar-refractivity contribution in [3.05, 3.63) is 59.7 Å². The zero-order valence-electron chi connectivity index (χ0n) is 16.8. The average Bonchev–Trinajstić information content (AvgIpc) is 3.04. The van der Waals surface area contributed by atoms with Crippen molar-refractivity contribution in [2.24, 2.45) is 0 Å². The molecular formula is C22H22F2N2O5. The molecule has 0 spiro atoms. The number of nitrogens with zero attached hydrogens (tertiary/aromatic N) is 1. The molecule has 0 aliphatic heterocycles. The summed E-state index contributed by atoms with van der Waals surface area (Å²) in [6, 6.07) is 13.8. The first-order chi connectivity index (χ1) is 14.8. The second-order valence-corrected chi connectivity index (χ2v) is 7.24. The highest BCUT2D eigenvalue weighted by Crippen LogP contribution is 2.44. The number of alkyl halides is 2. The maximum absolute atomic E-state index is 12.9. The average molecular weight is 432 g/mol. The quantitative estimate of drug-likeness (QED) is 0.668. The van der Waals surface area contributed by atoms with Gasteiger partial charge in [-0.05, 0) is 22.3 Å². The van der Waals surface area contributed by atoms with Crippen LogP contribution in [0.4, 0.5) is 13.6 Å². The molecule has 1 unspecified atom stereocenters. The van der Waals surface area contributed by atoms with Gasteiger partial charge in [-0.1, -0.05) is 48.5 Å². The fraction of sp³-hybridized carbons (Fsp3) is 0.318. The lowest BCUT2D eigenvalue weighted by Gasteiger charge is -2.23. The Kier molecular flexibility index (Phi) is 6.84. The van der Waals surface area contributed by atoms with E-state index in [-0.39, 0.29) is 12.5 Å². The number of halogens is 2. The molecule has 0 radical (unpaired) electrons. The first kappa shape index (κ1) is 22.2. The van der Waals surface area contributed by atoms with E-state index in [1.807, 2.05) is 48.5 Å². The third-order valence-electron chi connectivity index (χ3n) is 5.10. The van der Waals surface area contributed by atoms with Gasteiger partial charge in [0, 0.05) is 19.4 Å². The lowest BCUT2D eigenvalue weighted by molar-refractivity contribution is -0.144. The van der Waals surface area contributed by atoms with Crippen molar-refractivity contribution in [1.82, 2.24) is 10.2 Å². The summed E-state index contributed by atoms with van der Waals surface area (Å²) in [6.07, 6.45) is -4.85. The van der Waals surface area contributed by atoms with E-state index in [1.54, 1.807) is 0 Å². The minimum atomic E-state index is -2.87. The molecule has 164 valence electrons. The molecule has 0 bridgehead atoms. The molecule has 0 saturated carbocycles. The number of rotatable bonds is 8. The Labute approximate surface area is 177 Å². The molecule has 3 rings (SSSR count). The van der Waals surface area contributed by atoms with E-state index < -0.39 is 43.4 Å². The number of fused-ring (bicyclic) bond motifs is 3. The standard InChI is InChI=1S/C22H22F2N2O5/c1-26(11-20(27)28)21(29)18(10-19(23)24)25-22(30)31-12-17-15-8-4-2-6-13(15)14-7-3-5-9-16(14)17/h2-9,17-19H,10-12H2,1H3,(H,25,30)(H,27,28). The van der Waals surface area contributed by atoms with E-state index in [0.29, 0.717) is 0 Å². The second kappa shape index (κ2) is 9.55. The molecule has 1 aliphatic rings. The van der Waals surface area contributed by atoms with Crippen molar-refractivity contribution in [3.63, 3.8) is 0 Å². The van der Waals surface area contributed by atoms with E-state index in [4.69, 9.17) is 9.84 Å². The number of carbonyl (C=O) groups excluding carboxylic acids is 2. The summed E-state index contributed by atoms with van der Waals surface area (Å²) in [6.45, 7) is -0.717. The molecular weight excluding hydrogens is 410 g/mol. The number of ether oxygens (including phenoxy) is 1. The molecule has 0 saturated heterocycles. The monoisotopic (exact) mass is 432 g/mol. The molecule has 0 aromatic heterocycles. The minimum Gasteiger partial charge on any atom is -0.480 e. The van der Waals surface area contributed by atoms with Crippen LogP contribution in [0.1, 0.15) is 23.5 Å². The van der Waals surface area contributed by atoms with Gasteiger partial charge >= 0.3 is 12.1 Å². The zero-order valence-corrected chi connectivity index (χ0v) is 16.8. The van der Waals surface area contributed by atoms with Crippen molar-refractivity contribution in [2.45, 2.75) is 24.8 Å². The van der Waals surface area contributed by atoms with Crippen molar-refractivity contribution in [3.8, 4) is 11.1 Å². The third kappa shape index (κ3) is 5.17. The van der Waals surface area contributed by atoms with Gasteiger partial charge in [-0.3, -0.25) is 9.59 Å². The highest BCUT2D eigenvalue weighted by molar-refractivity contribution is 5.88. The summed E-state index contributed by atoms with van der Waals surface area (Å²) in [5, 5.41) is 10.9. The van der Waals surface area contributed by atoms with Crippen LogP contribution in [-0.2, 0) is 14.3 Å². The van der Waals surface area contributed by atoms with Crippen LogP contribution in [0.25, 0.3) is 11.1 Å². The molecule has 31 heavy (non-hydrogen) atoms. The van der Waals surface area contributed by atoms with Gasteiger partial charge in [0.05, 0.1) is 0 Å². The summed E-state index contributed by atoms with van der Waals surface area (Å²) in [4.78, 5) is 36.1. The maximum Gasteiger partial charge on any atom is 0.407 e. The van der Waals surface area contributed by atoms with Crippen LogP contribution >= 0.6 is 0 Å². The molecule has 9 heteroatoms. The van der Waals surface area contributed by atoms with E-state index in [1.165, 1.54) is 0 Å². The lowest BCUT2D eigenvalue weighted by atomic mass is 9.98. The van der Waals surface area contributed by atoms with Crippen molar-refractivity contribution >= 4 is 18.0 Å². The number of hydrogen-bond donors (Lipinski definition) is 2. The largest absolute Gasteiger partial charge is 0.480 e. The summed E-state index contributed by atoms with van der Waals surface area (Å²) in [5.41, 5.74) is 4.04. The SMILES string of the molecule is CN(CC(=O)O)C(=O)C(CC(F)F)NC(=O)OCC1c2ccccc2-c2ccccc21. The Morgan fingerprint density at radius 3 is 2.13 bits per heavy atom. The van der Waals surface area contributed by atoms with Gasteiger partial charge in [0.1, 0.15) is 19.2 Å². The van der Waals surface area contributed by atoms with Crippen molar-refractivity contribution in [2.75, 3.05) is 20.2 Å². The van der Waals surface area contributed by atoms with Gasteiger partial charge < -0.3 is 20.1 Å². The van der Waals surface area contributed by atoms with Crippen molar-refractivity contribution < 1.29 is 33.0 Å². The van der Waals surface area contributed by atoms with Gasteiger partial charge in [0.25, 0.3) is 0 Å². The number of hydrogen-bond acceptors (Lipinski definition) is 4. The first-order valence-electron chi connectivity index (χ1n) is 9.64. The highest BCUT2D eigenvalue weighted by Gasteiger charge is 2.31. The van der Waals surface area contributed by atoms with Crippen LogP contribution in [0, 0.1) is 0 Å². The molecule has 2 aromatic rings. The zero-order chi connectivity index (χ0) is 22.5. The van der Waals surface area contributed by atoms with Gasteiger partial charge in [-0.2, -0.15) is 0 Å². The minimum absolute atomic E-state index is 0.0413. The van der Waals surface area contributed by atoms with Crippen LogP contribution in [0.15, 0.2) is 48.5 Å². The summed E-state index contributed by atoms with van der Waals surface area (Å²) < 4.78 is 31.1. The first-order valence-corrected chi connectivity index (χ1v) is 9.64. The Hall–Kier alpha value is -3.49. The molecule has 2 amide bonds. The number of aliphatic carboxylic acids is 1. The molecule has 1 atom stereocenters. The Balaban J connectivity index is 1.68. The normalized spacial score (nSPS) is 13.3. The van der Waals surface area contributed by atoms with Crippen molar-refractivity contribution in [1.29, 1.82) is 0 Å². The van der Waals surface area contributed by atoms with E-state index in [0.717, 1.165) is 34.2 Å². The molecule has 7 nitrogen and oxygen atoms in total. The van der Waals surface area contributed by atoms with Gasteiger partial charge in [0.15, 0.2) is 0 Å². The Morgan fingerprint density at radius 1 is 1.06 bits per heavy atom. The summed E-state index contributed by atoms with van der Waals surface area (Å²) in [5.74, 6) is -2.46. The highest BCUT2D eigenvalue weighted by atomic mass is 19.3. The topological polar surface area (TPSA) is 95.9 Å². The van der Waals surface area contributed by atoms with Crippen LogP contribution in [0.5, 0.6) is 0 Å². The molecule has 2 N–H and O–H groups in total. The third-order valence-corrected chi connectivity index (χ3v) is 5.10.